The van der Waals surface area contributed by atoms with Gasteiger partial charge in [-0.15, -0.1) is 0 Å². The maximum absolute atomic E-state index is 12.6. The molecule has 1 aromatic rings. The maximum Gasteiger partial charge on any atom is 0.333 e. The molecule has 2 rings (SSSR count). The molecule has 1 aliphatic heterocycles. The third-order valence-electron chi connectivity index (χ3n) is 6.71. The summed E-state index contributed by atoms with van der Waals surface area (Å²) in [5.74, 6) is -4.69. The Hall–Kier alpha value is -4.63. The van der Waals surface area contributed by atoms with Gasteiger partial charge in [-0.25, -0.2) is 4.79 Å². The van der Waals surface area contributed by atoms with Crippen molar-refractivity contribution in [2.24, 2.45) is 0 Å². The van der Waals surface area contributed by atoms with E-state index in [4.69, 9.17) is 23.7 Å². The Kier molecular flexibility index (Phi) is 20.7. The fourth-order valence-corrected chi connectivity index (χ4v) is 4.91. The van der Waals surface area contributed by atoms with Gasteiger partial charge in [-0.1, -0.05) is 13.8 Å². The molecule has 3 amide bonds. The summed E-state index contributed by atoms with van der Waals surface area (Å²) in [7, 11) is -3.31. The van der Waals surface area contributed by atoms with Crippen molar-refractivity contribution >= 4 is 46.1 Å². The smallest absolute Gasteiger partial charge is 0.333 e. The Morgan fingerprint density at radius 2 is 1.83 bits per heavy atom. The van der Waals surface area contributed by atoms with Gasteiger partial charge in [-0.3, -0.25) is 28.5 Å². The van der Waals surface area contributed by atoms with Crippen molar-refractivity contribution in [2.45, 2.75) is 71.2 Å². The highest BCUT2D eigenvalue weighted by molar-refractivity contribution is 7.85. The molecule has 52 heavy (non-hydrogen) atoms. The van der Waals surface area contributed by atoms with Crippen molar-refractivity contribution in [1.82, 2.24) is 15.5 Å². The predicted molar refractivity (Wildman–Crippen MR) is 181 cm³/mol. The number of aliphatic carboxylic acids is 1. The number of aliphatic hydroxyl groups is 1. The zero-order valence-electron chi connectivity index (χ0n) is 29.3. The van der Waals surface area contributed by atoms with Gasteiger partial charge in [0.15, 0.2) is 6.10 Å². The topological polar surface area (TPSA) is 271 Å². The van der Waals surface area contributed by atoms with E-state index in [9.17, 15) is 52.0 Å². The van der Waals surface area contributed by atoms with Gasteiger partial charge < -0.3 is 49.4 Å². The Morgan fingerprint density at radius 3 is 2.46 bits per heavy atom. The molecule has 5 N–H and O–H groups in total. The van der Waals surface area contributed by atoms with E-state index >= 15 is 0 Å². The Balaban J connectivity index is 0.00000664. The van der Waals surface area contributed by atoms with E-state index in [1.165, 1.54) is 26.1 Å². The number of esters is 1. The lowest BCUT2D eigenvalue weighted by atomic mass is 10.1. The number of hydrogen-bond donors (Lipinski definition) is 5. The number of ether oxygens (including phenoxy) is 5. The van der Waals surface area contributed by atoms with Gasteiger partial charge in [-0.05, 0) is 18.2 Å². The minimum absolute atomic E-state index is 0.00829. The van der Waals surface area contributed by atoms with Crippen molar-refractivity contribution in [2.75, 3.05) is 45.7 Å². The number of nitrogens with zero attached hydrogens (tertiary/aromatic N) is 1. The zero-order chi connectivity index (χ0) is 39.3. The Labute approximate surface area is 301 Å². The molecule has 0 aromatic heterocycles. The third-order valence-corrected chi connectivity index (χ3v) is 7.46. The summed E-state index contributed by atoms with van der Waals surface area (Å²) in [6.07, 6.45) is -1.23. The van der Waals surface area contributed by atoms with Crippen LogP contribution in [0.25, 0.3) is 0 Å². The number of allylic oxidation sites excluding steroid dienone is 1. The second-order valence-electron chi connectivity index (χ2n) is 10.8. The first kappa shape index (κ1) is 45.4. The largest absolute Gasteiger partial charge is 0.491 e. The summed E-state index contributed by atoms with van der Waals surface area (Å²) in [4.78, 5) is 70.9. The molecule has 19 nitrogen and oxygen atoms in total. The molecule has 1 fully saturated rings. The first-order valence-electron chi connectivity index (χ1n) is 16.2. The van der Waals surface area contributed by atoms with Crippen molar-refractivity contribution in [1.29, 1.82) is 0 Å². The van der Waals surface area contributed by atoms with Gasteiger partial charge in [0.05, 0.1) is 19.3 Å². The molecule has 0 aliphatic carbocycles. The van der Waals surface area contributed by atoms with Crippen LogP contribution in [0.1, 0.15) is 45.6 Å². The number of carbonyl (C=O) groups excluding carboxylic acids is 5. The molecule has 1 aromatic carbocycles. The first-order chi connectivity index (χ1) is 24.6. The number of rotatable bonds is 21. The highest BCUT2D eigenvalue weighted by Gasteiger charge is 2.34. The number of likely N-dealkylation sites (N-methyl/N-ethyl adjacent to an activating group) is 1. The van der Waals surface area contributed by atoms with Gasteiger partial charge >= 0.3 is 11.9 Å². The average Bonchev–Trinajstić information content (AvgIpc) is 3.08. The maximum atomic E-state index is 12.6. The highest BCUT2D eigenvalue weighted by Crippen LogP contribution is 2.29. The Morgan fingerprint density at radius 1 is 1.12 bits per heavy atom. The van der Waals surface area contributed by atoms with E-state index < -0.39 is 70.1 Å². The molecule has 0 radical (unpaired) electrons. The fourth-order valence-electron chi connectivity index (χ4n) is 4.26. The van der Waals surface area contributed by atoms with Crippen molar-refractivity contribution in [3.63, 3.8) is 0 Å². The second-order valence-corrected chi connectivity index (χ2v) is 12.3. The van der Waals surface area contributed by atoms with Crippen LogP contribution in [0.15, 0.2) is 30.4 Å². The van der Waals surface area contributed by atoms with Gasteiger partial charge in [0.1, 0.15) is 42.8 Å². The monoisotopic (exact) mass is 761 g/mol. The predicted octanol–water partition coefficient (Wildman–Crippen LogP) is -0.407. The zero-order valence-corrected chi connectivity index (χ0v) is 30.2. The molecule has 0 spiro atoms. The average molecular weight is 762 g/mol. The Bertz CT molecular complexity index is 1490. The van der Waals surface area contributed by atoms with Crippen LogP contribution in [0.3, 0.4) is 0 Å². The number of nitrogens with one attached hydrogen (secondary N) is 2. The van der Waals surface area contributed by atoms with E-state index in [1.807, 2.05) is 13.8 Å². The molecular weight excluding hydrogens is 714 g/mol. The molecule has 1 heterocycles. The van der Waals surface area contributed by atoms with Gasteiger partial charge in [0.25, 0.3) is 10.1 Å². The number of carboxylic acid groups (broad SMARTS) is 1. The van der Waals surface area contributed by atoms with E-state index in [2.05, 4.69) is 10.6 Å². The summed E-state index contributed by atoms with van der Waals surface area (Å²) >= 11 is 0. The molecule has 1 aliphatic rings. The number of aldehydes is 1. The molecule has 4 atom stereocenters. The van der Waals surface area contributed by atoms with Gasteiger partial charge in [0, 0.05) is 64.0 Å². The number of carbonyl (C=O) groups is 6. The number of benzene rings is 1. The van der Waals surface area contributed by atoms with Crippen molar-refractivity contribution < 1.29 is 75.6 Å². The van der Waals surface area contributed by atoms with E-state index in [0.717, 1.165) is 17.1 Å². The van der Waals surface area contributed by atoms with E-state index in [1.54, 1.807) is 6.07 Å². The molecule has 0 bridgehead atoms. The fraction of sp³-hybridized carbons (Fsp3) is 0.562. The summed E-state index contributed by atoms with van der Waals surface area (Å²) in [6.45, 7) is 4.75. The molecule has 20 heteroatoms. The van der Waals surface area contributed by atoms with Crippen LogP contribution < -0.4 is 20.1 Å². The lowest BCUT2D eigenvalue weighted by Crippen LogP contribution is -2.51. The lowest BCUT2D eigenvalue weighted by molar-refractivity contribution is -0.195. The highest BCUT2D eigenvalue weighted by atomic mass is 32.2. The second kappa shape index (κ2) is 23.8. The van der Waals surface area contributed by atoms with Crippen molar-refractivity contribution in [3.05, 3.63) is 35.9 Å². The number of hydrogen-bond acceptors (Lipinski definition) is 14. The van der Waals surface area contributed by atoms with E-state index in [-0.39, 0.29) is 70.3 Å². The summed E-state index contributed by atoms with van der Waals surface area (Å²) in [5.41, 5.74) is 0.465. The molecule has 1 saturated heterocycles. The minimum Gasteiger partial charge on any atom is -0.491 e. The van der Waals surface area contributed by atoms with Crippen LogP contribution in [0.4, 0.5) is 0 Å². The standard InChI is InChI=1S/C30H41N3O16S.C2H6/c1-19(35)47-17-20-5-6-22(48-28-15-21(36)14-25(49-28)30(40)41)16-24(20)46-13-12-45-11-8-31-29(39)23(18-50(42,43)44)32-26(37)7-9-33(2)27(38)4-3-10-34;1-2/h3-6,10,16,21,23,25,28,36H,7-9,11-15,17-18H2,1-2H3,(H,31,39)(H,32,37)(H,40,41)(H,42,43,44);1-2H3/b4-3-;. The quantitative estimate of drug-likeness (QED) is 0.0350. The minimum atomic E-state index is -4.68. The van der Waals surface area contributed by atoms with Crippen LogP contribution in [0.5, 0.6) is 11.5 Å². The van der Waals surface area contributed by atoms with Gasteiger partial charge in [0.2, 0.25) is 24.0 Å². The SMILES string of the molecule is CC.CC(=O)OCc1ccc(OC2CC(O)CC(C(=O)O)O2)cc1OCCOCCNC(=O)C(CS(=O)(=O)O)NC(=O)CCN(C)C(=O)/C=C\C=O. The number of aliphatic hydroxyl groups excluding tert-OH is 1. The van der Waals surface area contributed by atoms with Gasteiger partial charge in [-0.2, -0.15) is 8.42 Å². The molecule has 4 unspecified atom stereocenters. The first-order valence-corrected chi connectivity index (χ1v) is 17.8. The number of amides is 3. The normalized spacial score (nSPS) is 17.5. The van der Waals surface area contributed by atoms with Crippen LogP contribution in [-0.4, -0.2) is 134 Å². The van der Waals surface area contributed by atoms with Crippen LogP contribution in [0, 0.1) is 0 Å². The van der Waals surface area contributed by atoms with Crippen molar-refractivity contribution in [3.8, 4) is 11.5 Å². The third kappa shape index (κ3) is 18.6. The van der Waals surface area contributed by atoms with Crippen LogP contribution in [0.2, 0.25) is 0 Å². The molecular formula is C32H47N3O16S. The molecule has 0 saturated carbocycles. The molecule has 292 valence electrons. The lowest BCUT2D eigenvalue weighted by Gasteiger charge is -2.31. The van der Waals surface area contributed by atoms with Crippen LogP contribution >= 0.6 is 0 Å². The summed E-state index contributed by atoms with van der Waals surface area (Å²) < 4.78 is 59.5. The summed E-state index contributed by atoms with van der Waals surface area (Å²) in [6, 6.07) is 2.89. The summed E-state index contributed by atoms with van der Waals surface area (Å²) in [5, 5.41) is 23.8. The van der Waals surface area contributed by atoms with E-state index in [0.29, 0.717) is 11.8 Å². The number of carboxylic acids is 1. The van der Waals surface area contributed by atoms with Crippen LogP contribution in [-0.2, 0) is 59.7 Å².